The molecule has 2 aromatic carbocycles. The fraction of sp³-hybridized carbons (Fsp3) is 0.200. The van der Waals surface area contributed by atoms with Crippen LogP contribution in [0.25, 0.3) is 5.69 Å². The highest BCUT2D eigenvalue weighted by Crippen LogP contribution is 2.31. The maximum Gasteiger partial charge on any atom is 0.335 e. The van der Waals surface area contributed by atoms with Gasteiger partial charge in [-0.05, 0) is 30.2 Å². The number of amides is 1. The number of carbonyl (C=O) groups excluding carboxylic acids is 1. The number of carboxylic acid groups (broad SMARTS) is 1. The number of nitrogens with zero attached hydrogens (tertiary/aromatic N) is 4. The molecule has 1 amide bonds. The summed E-state index contributed by atoms with van der Waals surface area (Å²) in [5, 5.41) is 13.5. The Labute approximate surface area is 155 Å². The number of hydrogen-bond acceptors (Lipinski definition) is 4. The number of aromatic nitrogens is 3. The van der Waals surface area contributed by atoms with Crippen molar-refractivity contribution in [3.8, 4) is 5.69 Å². The molecular weight excluding hydrogens is 344 g/mol. The van der Waals surface area contributed by atoms with Gasteiger partial charge >= 0.3 is 5.97 Å². The first-order valence-corrected chi connectivity index (χ1v) is 8.70. The lowest BCUT2D eigenvalue weighted by Crippen LogP contribution is -2.29. The van der Waals surface area contributed by atoms with Crippen LogP contribution in [0.3, 0.4) is 0 Å². The van der Waals surface area contributed by atoms with Gasteiger partial charge in [-0.1, -0.05) is 30.3 Å². The number of aromatic carboxylic acids is 1. The SMILES string of the molecule is O=C(O)c1ccccc1[C@H]1CCN(C(=O)c2ccccc2-n2cncn2)C1. The Morgan fingerprint density at radius 1 is 1.04 bits per heavy atom. The molecule has 1 aliphatic heterocycles. The van der Waals surface area contributed by atoms with Crippen molar-refractivity contribution in [1.29, 1.82) is 0 Å². The molecule has 1 aromatic heterocycles. The Bertz CT molecular complexity index is 984. The number of carboxylic acids is 1. The number of carbonyl (C=O) groups is 2. The monoisotopic (exact) mass is 362 g/mol. The molecule has 0 spiro atoms. The minimum Gasteiger partial charge on any atom is -0.478 e. The fourth-order valence-electron chi connectivity index (χ4n) is 3.60. The van der Waals surface area contributed by atoms with E-state index in [-0.39, 0.29) is 11.8 Å². The Morgan fingerprint density at radius 2 is 1.78 bits per heavy atom. The van der Waals surface area contributed by atoms with Gasteiger partial charge in [0, 0.05) is 19.0 Å². The lowest BCUT2D eigenvalue weighted by Gasteiger charge is -2.19. The van der Waals surface area contributed by atoms with E-state index in [4.69, 9.17) is 0 Å². The van der Waals surface area contributed by atoms with E-state index in [1.807, 2.05) is 30.3 Å². The molecule has 7 heteroatoms. The first kappa shape index (κ1) is 17.0. The van der Waals surface area contributed by atoms with Crippen molar-refractivity contribution in [2.45, 2.75) is 12.3 Å². The molecule has 0 bridgehead atoms. The van der Waals surface area contributed by atoms with E-state index >= 15 is 0 Å². The Hall–Kier alpha value is -3.48. The van der Waals surface area contributed by atoms with Gasteiger partial charge in [0.2, 0.25) is 0 Å². The summed E-state index contributed by atoms with van der Waals surface area (Å²) < 4.78 is 1.57. The van der Waals surface area contributed by atoms with Crippen molar-refractivity contribution in [3.05, 3.63) is 77.9 Å². The van der Waals surface area contributed by atoms with Gasteiger partial charge in [0.1, 0.15) is 12.7 Å². The topological polar surface area (TPSA) is 88.3 Å². The van der Waals surface area contributed by atoms with Crippen molar-refractivity contribution < 1.29 is 14.7 Å². The van der Waals surface area contributed by atoms with Gasteiger partial charge in [-0.25, -0.2) is 14.5 Å². The third-order valence-corrected chi connectivity index (χ3v) is 4.91. The van der Waals surface area contributed by atoms with E-state index in [9.17, 15) is 14.7 Å². The molecule has 2 heterocycles. The number of hydrogen-bond donors (Lipinski definition) is 1. The summed E-state index contributed by atoms with van der Waals surface area (Å²) in [5.74, 6) is -1.01. The second kappa shape index (κ2) is 7.03. The summed E-state index contributed by atoms with van der Waals surface area (Å²) in [6.45, 7) is 1.08. The molecule has 136 valence electrons. The van der Waals surface area contributed by atoms with Gasteiger partial charge < -0.3 is 10.0 Å². The van der Waals surface area contributed by atoms with Crippen LogP contribution >= 0.6 is 0 Å². The fourth-order valence-corrected chi connectivity index (χ4v) is 3.60. The van der Waals surface area contributed by atoms with Gasteiger partial charge in [-0.2, -0.15) is 5.10 Å². The summed E-state index contributed by atoms with van der Waals surface area (Å²) in [7, 11) is 0. The molecule has 1 saturated heterocycles. The van der Waals surface area contributed by atoms with Crippen LogP contribution in [0.2, 0.25) is 0 Å². The van der Waals surface area contributed by atoms with E-state index in [0.717, 1.165) is 12.0 Å². The number of benzene rings is 2. The Kier molecular flexibility index (Phi) is 4.42. The highest BCUT2D eigenvalue weighted by molar-refractivity contribution is 5.98. The number of para-hydroxylation sites is 1. The summed E-state index contributed by atoms with van der Waals surface area (Å²) in [6, 6.07) is 14.3. The minimum atomic E-state index is -0.938. The van der Waals surface area contributed by atoms with Crippen LogP contribution in [0.1, 0.15) is 38.6 Å². The van der Waals surface area contributed by atoms with E-state index in [2.05, 4.69) is 10.1 Å². The summed E-state index contributed by atoms with van der Waals surface area (Å²) in [6.07, 6.45) is 3.72. The zero-order chi connectivity index (χ0) is 18.8. The Balaban J connectivity index is 1.59. The van der Waals surface area contributed by atoms with Crippen molar-refractivity contribution in [2.75, 3.05) is 13.1 Å². The molecule has 1 atom stereocenters. The van der Waals surface area contributed by atoms with Crippen molar-refractivity contribution in [3.63, 3.8) is 0 Å². The van der Waals surface area contributed by atoms with Crippen LogP contribution in [0.5, 0.6) is 0 Å². The lowest BCUT2D eigenvalue weighted by atomic mass is 9.93. The number of likely N-dealkylation sites (tertiary alicyclic amines) is 1. The molecule has 1 fully saturated rings. The van der Waals surface area contributed by atoms with Crippen molar-refractivity contribution in [2.24, 2.45) is 0 Å². The van der Waals surface area contributed by atoms with Crippen LogP contribution in [-0.4, -0.2) is 49.7 Å². The van der Waals surface area contributed by atoms with Gasteiger partial charge in [-0.3, -0.25) is 4.79 Å². The smallest absolute Gasteiger partial charge is 0.335 e. The summed E-state index contributed by atoms with van der Waals surface area (Å²) in [5.41, 5.74) is 2.31. The van der Waals surface area contributed by atoms with Crippen LogP contribution in [0.4, 0.5) is 0 Å². The third-order valence-electron chi connectivity index (χ3n) is 4.91. The van der Waals surface area contributed by atoms with Crippen molar-refractivity contribution >= 4 is 11.9 Å². The predicted molar refractivity (Wildman–Crippen MR) is 98.0 cm³/mol. The van der Waals surface area contributed by atoms with Gasteiger partial charge in [-0.15, -0.1) is 0 Å². The average molecular weight is 362 g/mol. The molecule has 7 nitrogen and oxygen atoms in total. The average Bonchev–Trinajstić information content (AvgIpc) is 3.39. The van der Waals surface area contributed by atoms with E-state index in [0.29, 0.717) is 29.9 Å². The highest BCUT2D eigenvalue weighted by atomic mass is 16.4. The lowest BCUT2D eigenvalue weighted by molar-refractivity contribution is 0.0695. The van der Waals surface area contributed by atoms with Crippen LogP contribution in [-0.2, 0) is 0 Å². The minimum absolute atomic E-state index is 0.0137. The zero-order valence-electron chi connectivity index (χ0n) is 14.5. The highest BCUT2D eigenvalue weighted by Gasteiger charge is 2.31. The van der Waals surface area contributed by atoms with E-state index in [1.165, 1.54) is 6.33 Å². The third kappa shape index (κ3) is 3.19. The molecule has 4 rings (SSSR count). The zero-order valence-corrected chi connectivity index (χ0v) is 14.5. The van der Waals surface area contributed by atoms with Crippen LogP contribution < -0.4 is 0 Å². The standard InChI is InChI=1S/C20H18N4O3/c25-19(17-7-3-4-8-18(17)24-13-21-12-22-24)23-10-9-14(11-23)15-5-1-2-6-16(15)20(26)27/h1-8,12-14H,9-11H2,(H,26,27)/t14-/m0/s1. The molecule has 0 unspecified atom stereocenters. The normalized spacial score (nSPS) is 16.4. The predicted octanol–water partition coefficient (Wildman–Crippen LogP) is 2.60. The van der Waals surface area contributed by atoms with Gasteiger partial charge in [0.15, 0.2) is 0 Å². The van der Waals surface area contributed by atoms with Crippen LogP contribution in [0.15, 0.2) is 61.2 Å². The molecular formula is C20H18N4O3. The molecule has 0 saturated carbocycles. The maximum absolute atomic E-state index is 13.1. The second-order valence-electron chi connectivity index (χ2n) is 6.49. The summed E-state index contributed by atoms with van der Waals surface area (Å²) in [4.78, 5) is 30.3. The largest absolute Gasteiger partial charge is 0.478 e. The molecule has 0 radical (unpaired) electrons. The molecule has 0 aliphatic carbocycles. The quantitative estimate of drug-likeness (QED) is 0.771. The maximum atomic E-state index is 13.1. The summed E-state index contributed by atoms with van der Waals surface area (Å²) >= 11 is 0. The first-order chi connectivity index (χ1) is 13.1. The molecule has 3 aromatic rings. The second-order valence-corrected chi connectivity index (χ2v) is 6.49. The van der Waals surface area contributed by atoms with Gasteiger partial charge in [0.05, 0.1) is 16.8 Å². The van der Waals surface area contributed by atoms with Crippen molar-refractivity contribution in [1.82, 2.24) is 19.7 Å². The molecule has 27 heavy (non-hydrogen) atoms. The van der Waals surface area contributed by atoms with E-state index < -0.39 is 5.97 Å². The molecule has 1 aliphatic rings. The van der Waals surface area contributed by atoms with E-state index in [1.54, 1.807) is 34.1 Å². The van der Waals surface area contributed by atoms with Crippen LogP contribution in [0, 0.1) is 0 Å². The first-order valence-electron chi connectivity index (χ1n) is 8.70. The Morgan fingerprint density at radius 3 is 2.52 bits per heavy atom. The molecule has 1 N–H and O–H groups in total. The number of rotatable bonds is 4. The van der Waals surface area contributed by atoms with Gasteiger partial charge in [0.25, 0.3) is 5.91 Å².